The summed E-state index contributed by atoms with van der Waals surface area (Å²) in [6.45, 7) is 6.20. The Hall–Kier alpha value is -2.04. The number of aryl methyl sites for hydroxylation is 1. The third-order valence-corrected chi connectivity index (χ3v) is 5.47. The van der Waals surface area contributed by atoms with Crippen LogP contribution in [0.1, 0.15) is 114 Å². The smallest absolute Gasteiger partial charge is 0.308 e. The monoisotopic (exact) mass is 484 g/mol. The van der Waals surface area contributed by atoms with E-state index in [2.05, 4.69) is 19.1 Å². The molecular weight excluding hydrogens is 428 g/mol. The number of hydrogen-bond donors (Lipinski definition) is 1. The molecule has 0 fully saturated rings. The van der Waals surface area contributed by atoms with Crippen LogP contribution in [0, 0.1) is 11.8 Å². The van der Waals surface area contributed by atoms with E-state index in [4.69, 9.17) is 14.6 Å². The van der Waals surface area contributed by atoms with Gasteiger partial charge in [-0.3, -0.25) is 9.59 Å². The van der Waals surface area contributed by atoms with Crippen LogP contribution in [0.3, 0.4) is 0 Å². The van der Waals surface area contributed by atoms with Crippen LogP contribution in [0.5, 0.6) is 5.75 Å². The van der Waals surface area contributed by atoms with Crippen molar-refractivity contribution in [2.45, 2.75) is 115 Å². The van der Waals surface area contributed by atoms with E-state index in [1.807, 2.05) is 19.1 Å². The van der Waals surface area contributed by atoms with Crippen LogP contribution >= 0.6 is 0 Å². The molecule has 0 aliphatic carbocycles. The van der Waals surface area contributed by atoms with Crippen molar-refractivity contribution in [2.75, 3.05) is 13.2 Å². The summed E-state index contributed by atoms with van der Waals surface area (Å²) in [6.07, 6.45) is 11.1. The zero-order valence-electron chi connectivity index (χ0n) is 19.0. The standard InChI is InChI=1S/C25H40O5.4CH4/c1-4-6-7-8-9-10-11-12-21-13-15-23(16-14-21)29-17-18-30-25(28)20(3)19-22(5-2)24(26)27;;;;/h13-16,20,22H,4-12,17-19H2,1-3H3,(H,26,27);4*1H4. The molecule has 0 spiro atoms. The zero-order valence-corrected chi connectivity index (χ0v) is 19.0. The van der Waals surface area contributed by atoms with Crippen LogP contribution in [0.25, 0.3) is 0 Å². The van der Waals surface area contributed by atoms with Gasteiger partial charge in [0.2, 0.25) is 0 Å². The Bertz CT molecular complexity index is 597. The van der Waals surface area contributed by atoms with Crippen molar-refractivity contribution in [3.8, 4) is 5.75 Å². The van der Waals surface area contributed by atoms with Gasteiger partial charge in [0, 0.05) is 0 Å². The number of hydrogen-bond acceptors (Lipinski definition) is 4. The van der Waals surface area contributed by atoms with Crippen molar-refractivity contribution >= 4 is 11.9 Å². The maximum Gasteiger partial charge on any atom is 0.308 e. The zero-order chi connectivity index (χ0) is 22.2. The highest BCUT2D eigenvalue weighted by Gasteiger charge is 2.23. The maximum absolute atomic E-state index is 12.0. The van der Waals surface area contributed by atoms with Gasteiger partial charge < -0.3 is 14.6 Å². The van der Waals surface area contributed by atoms with Crippen molar-refractivity contribution in [3.63, 3.8) is 0 Å². The van der Waals surface area contributed by atoms with Crippen molar-refractivity contribution in [3.05, 3.63) is 29.8 Å². The number of esters is 1. The number of ether oxygens (including phenoxy) is 2. The minimum atomic E-state index is -0.865. The van der Waals surface area contributed by atoms with E-state index < -0.39 is 17.8 Å². The van der Waals surface area contributed by atoms with Crippen LogP contribution in [0.4, 0.5) is 0 Å². The highest BCUT2D eigenvalue weighted by atomic mass is 16.6. The second kappa shape index (κ2) is 24.1. The molecule has 202 valence electrons. The molecule has 2 unspecified atom stereocenters. The summed E-state index contributed by atoms with van der Waals surface area (Å²) in [5.41, 5.74) is 1.32. The molecule has 0 saturated heterocycles. The summed E-state index contributed by atoms with van der Waals surface area (Å²) in [4.78, 5) is 23.1. The Morgan fingerprint density at radius 3 is 1.94 bits per heavy atom. The predicted molar refractivity (Wildman–Crippen MR) is 147 cm³/mol. The second-order valence-corrected chi connectivity index (χ2v) is 8.11. The Balaban J connectivity index is -0.00000112. The summed E-state index contributed by atoms with van der Waals surface area (Å²) in [5, 5.41) is 9.09. The molecule has 0 aromatic heterocycles. The van der Waals surface area contributed by atoms with Crippen LogP contribution in [-0.2, 0) is 20.7 Å². The first-order chi connectivity index (χ1) is 14.5. The summed E-state index contributed by atoms with van der Waals surface area (Å²) in [6, 6.07) is 8.11. The minimum absolute atomic E-state index is 0. The maximum atomic E-state index is 12.0. The SMILES string of the molecule is C.C.C.C.CCCCCCCCCc1ccc(OCCOC(=O)C(C)CC(CC)C(=O)O)cc1. The fourth-order valence-electron chi connectivity index (χ4n) is 3.45. The first-order valence-electron chi connectivity index (χ1n) is 11.6. The summed E-state index contributed by atoms with van der Waals surface area (Å²) >= 11 is 0. The van der Waals surface area contributed by atoms with Gasteiger partial charge in [-0.15, -0.1) is 0 Å². The van der Waals surface area contributed by atoms with Gasteiger partial charge in [0.15, 0.2) is 0 Å². The van der Waals surface area contributed by atoms with Gasteiger partial charge in [-0.2, -0.15) is 0 Å². The molecular formula is C29H56O5. The largest absolute Gasteiger partial charge is 0.490 e. The Morgan fingerprint density at radius 1 is 0.853 bits per heavy atom. The molecule has 2 atom stereocenters. The van der Waals surface area contributed by atoms with Crippen molar-refractivity contribution in [2.24, 2.45) is 11.8 Å². The molecule has 1 N–H and O–H groups in total. The summed E-state index contributed by atoms with van der Waals surface area (Å²) in [7, 11) is 0. The quantitative estimate of drug-likeness (QED) is 0.177. The Labute approximate surface area is 211 Å². The van der Waals surface area contributed by atoms with Gasteiger partial charge in [0.1, 0.15) is 19.0 Å². The number of benzene rings is 1. The average Bonchev–Trinajstić information content (AvgIpc) is 2.74. The first kappa shape index (κ1) is 39.2. The lowest BCUT2D eigenvalue weighted by molar-refractivity contribution is -0.150. The lowest BCUT2D eigenvalue weighted by Gasteiger charge is -2.15. The third-order valence-electron chi connectivity index (χ3n) is 5.47. The number of carboxylic acids is 1. The van der Waals surface area contributed by atoms with Gasteiger partial charge >= 0.3 is 11.9 Å². The number of rotatable bonds is 17. The molecule has 0 aliphatic heterocycles. The fourth-order valence-corrected chi connectivity index (χ4v) is 3.45. The molecule has 1 rings (SSSR count). The van der Waals surface area contributed by atoms with E-state index in [1.165, 1.54) is 50.5 Å². The first-order valence-corrected chi connectivity index (χ1v) is 11.6. The molecule has 5 nitrogen and oxygen atoms in total. The molecule has 0 bridgehead atoms. The van der Waals surface area contributed by atoms with E-state index in [0.717, 1.165) is 12.2 Å². The molecule has 0 radical (unpaired) electrons. The van der Waals surface area contributed by atoms with Gasteiger partial charge in [0.25, 0.3) is 0 Å². The Kier molecular flexibility index (Phi) is 27.8. The van der Waals surface area contributed by atoms with E-state index in [9.17, 15) is 9.59 Å². The molecule has 0 saturated carbocycles. The van der Waals surface area contributed by atoms with E-state index in [-0.39, 0.29) is 48.9 Å². The van der Waals surface area contributed by atoms with Crippen LogP contribution < -0.4 is 4.74 Å². The summed E-state index contributed by atoms with van der Waals surface area (Å²) in [5.74, 6) is -1.42. The van der Waals surface area contributed by atoms with Crippen molar-refractivity contribution in [1.29, 1.82) is 0 Å². The number of carbonyl (C=O) groups excluding carboxylic acids is 1. The van der Waals surface area contributed by atoms with Crippen LogP contribution in [0.2, 0.25) is 0 Å². The highest BCUT2D eigenvalue weighted by Crippen LogP contribution is 2.18. The van der Waals surface area contributed by atoms with E-state index in [0.29, 0.717) is 12.8 Å². The average molecular weight is 485 g/mol. The van der Waals surface area contributed by atoms with Gasteiger partial charge in [-0.1, -0.05) is 101 Å². The van der Waals surface area contributed by atoms with Gasteiger partial charge in [-0.25, -0.2) is 0 Å². The third kappa shape index (κ3) is 17.4. The minimum Gasteiger partial charge on any atom is -0.490 e. The Morgan fingerprint density at radius 2 is 1.41 bits per heavy atom. The van der Waals surface area contributed by atoms with Crippen LogP contribution in [-0.4, -0.2) is 30.3 Å². The molecule has 34 heavy (non-hydrogen) atoms. The van der Waals surface area contributed by atoms with Crippen LogP contribution in [0.15, 0.2) is 24.3 Å². The van der Waals surface area contributed by atoms with Gasteiger partial charge in [0.05, 0.1) is 11.8 Å². The molecule has 1 aromatic rings. The van der Waals surface area contributed by atoms with E-state index in [1.54, 1.807) is 6.92 Å². The molecule has 0 amide bonds. The number of carbonyl (C=O) groups is 2. The summed E-state index contributed by atoms with van der Waals surface area (Å²) < 4.78 is 10.9. The number of unbranched alkanes of at least 4 members (excludes halogenated alkanes) is 6. The van der Waals surface area contributed by atoms with Crippen molar-refractivity contribution < 1.29 is 24.2 Å². The molecule has 5 heteroatoms. The molecule has 0 heterocycles. The normalized spacial score (nSPS) is 11.4. The second-order valence-electron chi connectivity index (χ2n) is 8.11. The predicted octanol–water partition coefficient (Wildman–Crippen LogP) is 8.58. The highest BCUT2D eigenvalue weighted by molar-refractivity contribution is 5.74. The number of carboxylic acid groups (broad SMARTS) is 1. The van der Waals surface area contributed by atoms with E-state index >= 15 is 0 Å². The molecule has 1 aromatic carbocycles. The lowest BCUT2D eigenvalue weighted by atomic mass is 9.94. The fraction of sp³-hybridized carbons (Fsp3) is 0.724. The lowest BCUT2D eigenvalue weighted by Crippen LogP contribution is -2.23. The number of aliphatic carboxylic acids is 1. The topological polar surface area (TPSA) is 72.8 Å². The molecule has 0 aliphatic rings. The van der Waals surface area contributed by atoms with Crippen molar-refractivity contribution in [1.82, 2.24) is 0 Å². The van der Waals surface area contributed by atoms with Gasteiger partial charge in [-0.05, 0) is 43.4 Å².